The molecule has 126 valence electrons. The molecule has 0 saturated heterocycles. The van der Waals surface area contributed by atoms with Crippen molar-refractivity contribution >= 4 is 49.7 Å². The van der Waals surface area contributed by atoms with Gasteiger partial charge >= 0.3 is 0 Å². The molecule has 0 aliphatic carbocycles. The molecule has 0 spiro atoms. The first kappa shape index (κ1) is 17.3. The van der Waals surface area contributed by atoms with Crippen LogP contribution in [0.25, 0.3) is 10.2 Å². The summed E-state index contributed by atoms with van der Waals surface area (Å²) in [5, 5.41) is 18.8. The molecule has 5 nitrogen and oxygen atoms in total. The Kier molecular flexibility index (Phi) is 5.27. The molecule has 0 amide bonds. The Bertz CT molecular complexity index is 973. The number of thiazole rings is 1. The van der Waals surface area contributed by atoms with Crippen LogP contribution in [0.5, 0.6) is 0 Å². The number of benzene rings is 2. The van der Waals surface area contributed by atoms with Crippen LogP contribution in [0.15, 0.2) is 46.6 Å². The van der Waals surface area contributed by atoms with E-state index in [-0.39, 0.29) is 0 Å². The fourth-order valence-corrected chi connectivity index (χ4v) is 3.51. The van der Waals surface area contributed by atoms with Gasteiger partial charge in [0.1, 0.15) is 6.54 Å². The molecule has 0 aliphatic heterocycles. The number of fused-ring (bicyclic) bond motifs is 1. The molecular weight excluding hydrogens is 354 g/mol. The predicted molar refractivity (Wildman–Crippen MR) is 103 cm³/mol. The summed E-state index contributed by atoms with van der Waals surface area (Å²) in [6, 6.07) is 13.6. The molecule has 0 radical (unpaired) electrons. The van der Waals surface area contributed by atoms with Crippen LogP contribution in [0.2, 0.25) is 5.02 Å². The highest BCUT2D eigenvalue weighted by molar-refractivity contribution is 7.21. The molecule has 0 unspecified atom stereocenters. The summed E-state index contributed by atoms with van der Waals surface area (Å²) in [5.41, 5.74) is 3.66. The molecule has 3 aromatic rings. The lowest BCUT2D eigenvalue weighted by Gasteiger charge is -2.20. The van der Waals surface area contributed by atoms with Crippen LogP contribution in [-0.4, -0.2) is 18.1 Å². The van der Waals surface area contributed by atoms with Gasteiger partial charge in [0.2, 0.25) is 5.13 Å². The predicted octanol–water partition coefficient (Wildman–Crippen LogP) is 6.02. The molecule has 0 saturated carbocycles. The number of aromatic nitrogens is 1. The summed E-state index contributed by atoms with van der Waals surface area (Å²) in [6.45, 7) is 5.16. The maximum Gasteiger partial charge on any atom is 0.231 e. The molecule has 0 atom stereocenters. The molecule has 2 aromatic carbocycles. The quantitative estimate of drug-likeness (QED) is 0.407. The van der Waals surface area contributed by atoms with Gasteiger partial charge in [0.15, 0.2) is 0 Å². The first-order valence-electron chi connectivity index (χ1n) is 7.81. The van der Waals surface area contributed by atoms with Crippen LogP contribution in [-0.2, 0) is 0 Å². The summed E-state index contributed by atoms with van der Waals surface area (Å²) in [5.74, 6) is 0. The average Bonchev–Trinajstić information content (AvgIpc) is 3.00. The fourth-order valence-electron chi connectivity index (χ4n) is 2.45. The van der Waals surface area contributed by atoms with E-state index in [1.165, 1.54) is 11.3 Å². The Morgan fingerprint density at radius 3 is 2.80 bits per heavy atom. The number of anilines is 1. The second-order valence-corrected chi connectivity index (χ2v) is 6.90. The van der Waals surface area contributed by atoms with E-state index in [9.17, 15) is 0 Å². The Morgan fingerprint density at radius 2 is 2.08 bits per heavy atom. The number of halogens is 1. The van der Waals surface area contributed by atoms with Crippen molar-refractivity contribution in [1.29, 1.82) is 5.26 Å². The summed E-state index contributed by atoms with van der Waals surface area (Å²) in [4.78, 5) is 6.44. The van der Waals surface area contributed by atoms with Gasteiger partial charge in [-0.2, -0.15) is 5.26 Å². The highest BCUT2D eigenvalue weighted by Gasteiger charge is 2.07. The Morgan fingerprint density at radius 1 is 1.24 bits per heavy atom. The smallest absolute Gasteiger partial charge is 0.231 e. The van der Waals surface area contributed by atoms with Crippen LogP contribution >= 0.6 is 22.9 Å². The van der Waals surface area contributed by atoms with Gasteiger partial charge < -0.3 is 4.90 Å². The molecule has 0 N–H and O–H groups in total. The lowest BCUT2D eigenvalue weighted by Crippen LogP contribution is -2.22. The highest BCUT2D eigenvalue weighted by Crippen LogP contribution is 2.32. The van der Waals surface area contributed by atoms with Gasteiger partial charge in [-0.25, -0.2) is 4.98 Å². The van der Waals surface area contributed by atoms with Crippen molar-refractivity contribution in [2.75, 3.05) is 18.0 Å². The third-order valence-corrected chi connectivity index (χ3v) is 4.91. The third kappa shape index (κ3) is 3.95. The number of azo groups is 1. The molecule has 7 heteroatoms. The SMILES string of the molecule is CCN(CC#N)c1ccc(N=Nc2nc3ccc(Cl)cc3s2)c(C)c1. The summed E-state index contributed by atoms with van der Waals surface area (Å²) in [6.07, 6.45) is 0. The van der Waals surface area contributed by atoms with Crippen LogP contribution in [0, 0.1) is 18.3 Å². The maximum absolute atomic E-state index is 8.90. The molecule has 25 heavy (non-hydrogen) atoms. The monoisotopic (exact) mass is 369 g/mol. The van der Waals surface area contributed by atoms with Crippen molar-refractivity contribution in [2.45, 2.75) is 13.8 Å². The third-order valence-electron chi connectivity index (χ3n) is 3.77. The number of hydrogen-bond donors (Lipinski definition) is 0. The summed E-state index contributed by atoms with van der Waals surface area (Å²) >= 11 is 7.45. The normalized spacial score (nSPS) is 11.1. The zero-order valence-electron chi connectivity index (χ0n) is 13.9. The Labute approximate surface area is 155 Å². The van der Waals surface area contributed by atoms with Crippen LogP contribution in [0.4, 0.5) is 16.5 Å². The van der Waals surface area contributed by atoms with Crippen molar-refractivity contribution in [3.05, 3.63) is 47.0 Å². The Balaban J connectivity index is 1.84. The molecule has 0 bridgehead atoms. The summed E-state index contributed by atoms with van der Waals surface area (Å²) < 4.78 is 0.989. The molecule has 1 aromatic heterocycles. The van der Waals surface area contributed by atoms with E-state index in [0.717, 1.165) is 33.7 Å². The molecule has 0 fully saturated rings. The van der Waals surface area contributed by atoms with Gasteiger partial charge in [0.25, 0.3) is 0 Å². The standard InChI is InChI=1S/C18H16ClN5S/c1-3-24(9-8-20)14-5-7-15(12(2)10-14)22-23-18-21-16-6-4-13(19)11-17(16)25-18/h4-7,10-11H,3,9H2,1-2H3. The zero-order chi connectivity index (χ0) is 17.8. The van der Waals surface area contributed by atoms with E-state index in [4.69, 9.17) is 16.9 Å². The van der Waals surface area contributed by atoms with Crippen molar-refractivity contribution in [1.82, 2.24) is 4.98 Å². The van der Waals surface area contributed by atoms with E-state index in [2.05, 4.69) is 21.3 Å². The average molecular weight is 370 g/mol. The minimum Gasteiger partial charge on any atom is -0.358 e. The van der Waals surface area contributed by atoms with E-state index in [1.807, 2.05) is 55.1 Å². The molecule has 3 rings (SSSR count). The van der Waals surface area contributed by atoms with Gasteiger partial charge in [-0.15, -0.1) is 10.2 Å². The van der Waals surface area contributed by atoms with E-state index in [0.29, 0.717) is 16.7 Å². The largest absolute Gasteiger partial charge is 0.358 e. The van der Waals surface area contributed by atoms with E-state index >= 15 is 0 Å². The highest BCUT2D eigenvalue weighted by atomic mass is 35.5. The Hall–Kier alpha value is -2.49. The van der Waals surface area contributed by atoms with Crippen molar-refractivity contribution in [2.24, 2.45) is 10.2 Å². The molecular formula is C18H16ClN5S. The van der Waals surface area contributed by atoms with Gasteiger partial charge in [-0.3, -0.25) is 0 Å². The van der Waals surface area contributed by atoms with Crippen LogP contribution < -0.4 is 4.90 Å². The van der Waals surface area contributed by atoms with Gasteiger partial charge in [0.05, 0.1) is 22.0 Å². The van der Waals surface area contributed by atoms with Crippen molar-refractivity contribution < 1.29 is 0 Å². The molecule has 1 heterocycles. The lowest BCUT2D eigenvalue weighted by molar-refractivity contribution is 0.910. The fraction of sp³-hybridized carbons (Fsp3) is 0.222. The zero-order valence-corrected chi connectivity index (χ0v) is 15.5. The summed E-state index contributed by atoms with van der Waals surface area (Å²) in [7, 11) is 0. The van der Waals surface area contributed by atoms with Gasteiger partial charge in [-0.1, -0.05) is 22.9 Å². The number of hydrogen-bond acceptors (Lipinski definition) is 6. The number of rotatable bonds is 5. The second kappa shape index (κ2) is 7.60. The first-order valence-corrected chi connectivity index (χ1v) is 9.00. The van der Waals surface area contributed by atoms with Crippen molar-refractivity contribution in [3.8, 4) is 6.07 Å². The van der Waals surface area contributed by atoms with Crippen LogP contribution in [0.3, 0.4) is 0 Å². The van der Waals surface area contributed by atoms with Gasteiger partial charge in [-0.05, 0) is 55.8 Å². The first-order chi connectivity index (χ1) is 12.1. The topological polar surface area (TPSA) is 64.6 Å². The van der Waals surface area contributed by atoms with E-state index < -0.39 is 0 Å². The maximum atomic E-state index is 8.90. The number of nitrogens with zero attached hydrogens (tertiary/aromatic N) is 5. The lowest BCUT2D eigenvalue weighted by atomic mass is 10.1. The number of aryl methyl sites for hydroxylation is 1. The second-order valence-electron chi connectivity index (χ2n) is 5.45. The minimum absolute atomic E-state index is 0.366. The van der Waals surface area contributed by atoms with Gasteiger partial charge in [0, 0.05) is 17.3 Å². The minimum atomic E-state index is 0.366. The number of nitriles is 1. The van der Waals surface area contributed by atoms with E-state index in [1.54, 1.807) is 0 Å². The van der Waals surface area contributed by atoms with Crippen LogP contribution in [0.1, 0.15) is 12.5 Å². The van der Waals surface area contributed by atoms with Crippen molar-refractivity contribution in [3.63, 3.8) is 0 Å². The molecule has 0 aliphatic rings.